The van der Waals surface area contributed by atoms with Crippen LogP contribution < -0.4 is 10.5 Å². The van der Waals surface area contributed by atoms with E-state index in [1.54, 1.807) is 31.5 Å². The third kappa shape index (κ3) is 1.79. The first-order valence-corrected chi connectivity index (χ1v) is 5.76. The van der Waals surface area contributed by atoms with E-state index < -0.39 is 5.82 Å². The maximum absolute atomic E-state index is 13.2. The van der Waals surface area contributed by atoms with E-state index in [0.717, 1.165) is 22.2 Å². The number of hydrogen-bond donors (Lipinski definition) is 2. The Kier molecular flexibility index (Phi) is 2.59. The number of aromatic nitrogens is 2. The first-order valence-electron chi connectivity index (χ1n) is 5.76. The van der Waals surface area contributed by atoms with Crippen LogP contribution in [-0.4, -0.2) is 17.1 Å². The molecule has 0 fully saturated rings. The van der Waals surface area contributed by atoms with Crippen LogP contribution in [0.4, 0.5) is 10.1 Å². The Bertz CT molecular complexity index is 752. The third-order valence-corrected chi connectivity index (χ3v) is 3.06. The Balaban J connectivity index is 2.27. The van der Waals surface area contributed by atoms with Gasteiger partial charge in [0.2, 0.25) is 0 Å². The van der Waals surface area contributed by atoms with Crippen molar-refractivity contribution >= 4 is 16.7 Å². The summed E-state index contributed by atoms with van der Waals surface area (Å²) in [6.07, 6.45) is 3.48. The third-order valence-electron chi connectivity index (χ3n) is 3.06. The van der Waals surface area contributed by atoms with Crippen molar-refractivity contribution < 1.29 is 9.13 Å². The second-order valence-corrected chi connectivity index (χ2v) is 4.18. The Morgan fingerprint density at radius 3 is 2.89 bits per heavy atom. The van der Waals surface area contributed by atoms with E-state index >= 15 is 0 Å². The summed E-state index contributed by atoms with van der Waals surface area (Å²) in [5.41, 5.74) is 8.15. The monoisotopic (exact) mass is 257 g/mol. The summed E-state index contributed by atoms with van der Waals surface area (Å²) in [4.78, 5) is 7.30. The number of ether oxygens (including phenoxy) is 1. The summed E-state index contributed by atoms with van der Waals surface area (Å²) < 4.78 is 18.6. The highest BCUT2D eigenvalue weighted by atomic mass is 19.1. The molecule has 0 amide bonds. The van der Waals surface area contributed by atoms with Gasteiger partial charge in [-0.3, -0.25) is 0 Å². The van der Waals surface area contributed by atoms with Gasteiger partial charge in [0.25, 0.3) is 0 Å². The van der Waals surface area contributed by atoms with E-state index in [-0.39, 0.29) is 5.69 Å². The van der Waals surface area contributed by atoms with Gasteiger partial charge in [0.05, 0.1) is 18.2 Å². The molecule has 0 aliphatic rings. The molecule has 0 saturated heterocycles. The van der Waals surface area contributed by atoms with Gasteiger partial charge in [-0.1, -0.05) is 6.07 Å². The summed E-state index contributed by atoms with van der Waals surface area (Å²) in [5, 5.41) is 0.857. The molecule has 0 bridgehead atoms. The van der Waals surface area contributed by atoms with Gasteiger partial charge in [-0.15, -0.1) is 0 Å². The normalized spacial score (nSPS) is 10.8. The highest BCUT2D eigenvalue weighted by Gasteiger charge is 2.12. The number of anilines is 1. The molecule has 2 heterocycles. The lowest BCUT2D eigenvalue weighted by molar-refractivity contribution is 0.419. The first kappa shape index (κ1) is 11.5. The van der Waals surface area contributed by atoms with E-state index in [2.05, 4.69) is 9.97 Å². The molecular weight excluding hydrogens is 245 g/mol. The molecule has 3 N–H and O–H groups in total. The van der Waals surface area contributed by atoms with E-state index in [1.807, 2.05) is 6.20 Å². The van der Waals surface area contributed by atoms with Crippen molar-refractivity contribution in [1.82, 2.24) is 9.97 Å². The molecule has 0 aliphatic heterocycles. The summed E-state index contributed by atoms with van der Waals surface area (Å²) in [5.74, 6) is 0.290. The quantitative estimate of drug-likeness (QED) is 0.694. The molecule has 0 saturated carbocycles. The molecule has 0 spiro atoms. The standard InChI is InChI=1S/C14H12FN3O/c1-19-12-4-5-17-14-13(12)9(7-18-14)8-2-3-10(15)11(16)6-8/h2-7H,16H2,1H3,(H,17,18). The van der Waals surface area contributed by atoms with Crippen molar-refractivity contribution in [3.8, 4) is 16.9 Å². The zero-order valence-electron chi connectivity index (χ0n) is 10.3. The van der Waals surface area contributed by atoms with E-state index in [4.69, 9.17) is 10.5 Å². The molecule has 19 heavy (non-hydrogen) atoms. The number of halogens is 1. The Hall–Kier alpha value is -2.56. The minimum absolute atomic E-state index is 0.120. The van der Waals surface area contributed by atoms with Gasteiger partial charge in [0.15, 0.2) is 0 Å². The number of H-pyrrole nitrogens is 1. The lowest BCUT2D eigenvalue weighted by Crippen LogP contribution is -1.91. The summed E-state index contributed by atoms with van der Waals surface area (Å²) in [7, 11) is 1.60. The van der Waals surface area contributed by atoms with Crippen molar-refractivity contribution in [3.05, 3.63) is 42.5 Å². The molecule has 3 rings (SSSR count). The largest absolute Gasteiger partial charge is 0.496 e. The number of benzene rings is 1. The summed E-state index contributed by atoms with van der Waals surface area (Å²) >= 11 is 0. The SMILES string of the molecule is COc1ccnc2[nH]cc(-c3ccc(F)c(N)c3)c12. The van der Waals surface area contributed by atoms with E-state index in [9.17, 15) is 4.39 Å². The molecule has 0 aliphatic carbocycles. The number of nitrogens with zero attached hydrogens (tertiary/aromatic N) is 1. The zero-order chi connectivity index (χ0) is 13.4. The van der Waals surface area contributed by atoms with Crippen molar-refractivity contribution in [3.63, 3.8) is 0 Å². The lowest BCUT2D eigenvalue weighted by atomic mass is 10.0. The predicted molar refractivity (Wildman–Crippen MR) is 72.5 cm³/mol. The molecule has 3 aromatic rings. The second kappa shape index (κ2) is 4.28. The summed E-state index contributed by atoms with van der Waals surface area (Å²) in [6.45, 7) is 0. The fourth-order valence-corrected chi connectivity index (χ4v) is 2.14. The van der Waals surface area contributed by atoms with Crippen molar-refractivity contribution in [2.45, 2.75) is 0 Å². The van der Waals surface area contributed by atoms with Crippen LogP contribution in [-0.2, 0) is 0 Å². The highest BCUT2D eigenvalue weighted by Crippen LogP contribution is 2.35. The Labute approximate surface area is 109 Å². The van der Waals surface area contributed by atoms with Crippen molar-refractivity contribution in [1.29, 1.82) is 0 Å². The van der Waals surface area contributed by atoms with Gasteiger partial charge in [0.1, 0.15) is 17.2 Å². The van der Waals surface area contributed by atoms with Gasteiger partial charge in [0, 0.05) is 18.0 Å². The Morgan fingerprint density at radius 1 is 1.32 bits per heavy atom. The fraction of sp³-hybridized carbons (Fsp3) is 0.0714. The number of nitrogens with one attached hydrogen (secondary N) is 1. The molecule has 0 radical (unpaired) electrons. The number of rotatable bonds is 2. The lowest BCUT2D eigenvalue weighted by Gasteiger charge is -2.05. The average molecular weight is 257 g/mol. The molecular formula is C14H12FN3O. The minimum atomic E-state index is -0.423. The second-order valence-electron chi connectivity index (χ2n) is 4.18. The van der Waals surface area contributed by atoms with Gasteiger partial charge in [-0.2, -0.15) is 0 Å². The van der Waals surface area contributed by atoms with Crippen LogP contribution in [0, 0.1) is 5.82 Å². The van der Waals surface area contributed by atoms with Crippen LogP contribution in [0.15, 0.2) is 36.7 Å². The van der Waals surface area contributed by atoms with E-state index in [0.29, 0.717) is 5.75 Å². The number of pyridine rings is 1. The predicted octanol–water partition coefficient (Wildman–Crippen LogP) is 2.96. The Morgan fingerprint density at radius 2 is 2.16 bits per heavy atom. The van der Waals surface area contributed by atoms with Gasteiger partial charge in [-0.05, 0) is 23.8 Å². The van der Waals surface area contributed by atoms with Crippen molar-refractivity contribution in [2.75, 3.05) is 12.8 Å². The van der Waals surface area contributed by atoms with E-state index in [1.165, 1.54) is 6.07 Å². The van der Waals surface area contributed by atoms with Crippen molar-refractivity contribution in [2.24, 2.45) is 0 Å². The molecule has 0 atom stereocenters. The number of fused-ring (bicyclic) bond motifs is 1. The van der Waals surface area contributed by atoms with Crippen LogP contribution in [0.2, 0.25) is 0 Å². The number of methoxy groups -OCH3 is 1. The number of aromatic amines is 1. The number of hydrogen-bond acceptors (Lipinski definition) is 3. The summed E-state index contributed by atoms with van der Waals surface area (Å²) in [6, 6.07) is 6.42. The molecule has 96 valence electrons. The van der Waals surface area contributed by atoms with Crippen LogP contribution in [0.5, 0.6) is 5.75 Å². The maximum atomic E-state index is 13.2. The minimum Gasteiger partial charge on any atom is -0.496 e. The van der Waals surface area contributed by atoms with Crippen LogP contribution >= 0.6 is 0 Å². The molecule has 1 aromatic carbocycles. The van der Waals surface area contributed by atoms with Crippen LogP contribution in [0.3, 0.4) is 0 Å². The fourth-order valence-electron chi connectivity index (χ4n) is 2.14. The molecule has 5 heteroatoms. The number of nitrogens with two attached hydrogens (primary N) is 1. The average Bonchev–Trinajstić information content (AvgIpc) is 2.85. The van der Waals surface area contributed by atoms with Crippen LogP contribution in [0.25, 0.3) is 22.2 Å². The highest BCUT2D eigenvalue weighted by molar-refractivity contribution is 5.98. The topological polar surface area (TPSA) is 63.9 Å². The molecule has 4 nitrogen and oxygen atoms in total. The number of nitrogen functional groups attached to an aromatic ring is 1. The molecule has 0 unspecified atom stereocenters. The molecule has 2 aromatic heterocycles. The smallest absolute Gasteiger partial charge is 0.146 e. The first-order chi connectivity index (χ1) is 9.20. The van der Waals surface area contributed by atoms with Gasteiger partial charge in [-0.25, -0.2) is 9.37 Å². The zero-order valence-corrected chi connectivity index (χ0v) is 10.3. The van der Waals surface area contributed by atoms with Gasteiger partial charge >= 0.3 is 0 Å². The van der Waals surface area contributed by atoms with Crippen LogP contribution in [0.1, 0.15) is 0 Å². The maximum Gasteiger partial charge on any atom is 0.146 e. The van der Waals surface area contributed by atoms with Gasteiger partial charge < -0.3 is 15.5 Å².